The molecule has 5 heterocycles. The summed E-state index contributed by atoms with van der Waals surface area (Å²) >= 11 is 1.65. The second kappa shape index (κ2) is 12.2. The fourth-order valence-electron chi connectivity index (χ4n) is 7.03. The quantitative estimate of drug-likeness (QED) is 0.195. The van der Waals surface area contributed by atoms with Gasteiger partial charge in [-0.2, -0.15) is 0 Å². The summed E-state index contributed by atoms with van der Waals surface area (Å²) in [4.78, 5) is 48.6. The van der Waals surface area contributed by atoms with E-state index in [2.05, 4.69) is 66.3 Å². The van der Waals surface area contributed by atoms with Crippen LogP contribution in [0.4, 0.5) is 9.59 Å². The minimum Gasteiger partial charge on any atom is -0.444 e. The number of aromatic nitrogens is 4. The first-order valence-corrected chi connectivity index (χ1v) is 18.0. The van der Waals surface area contributed by atoms with Crippen LogP contribution in [-0.2, 0) is 9.47 Å². The number of hydrogen-bond donors (Lipinski definition) is 2. The molecule has 2 unspecified atom stereocenters. The van der Waals surface area contributed by atoms with Crippen LogP contribution in [0.5, 0.6) is 0 Å². The summed E-state index contributed by atoms with van der Waals surface area (Å²) in [6.07, 6.45) is 2.01. The lowest BCUT2D eigenvalue weighted by atomic mass is 10.0. The van der Waals surface area contributed by atoms with E-state index in [9.17, 15) is 9.59 Å². The zero-order valence-corrected chi connectivity index (χ0v) is 30.4. The molecule has 2 aliphatic rings. The summed E-state index contributed by atoms with van der Waals surface area (Å²) in [5, 5.41) is 0. The predicted octanol–water partition coefficient (Wildman–Crippen LogP) is 9.61. The number of carbonyl (C=O) groups excluding carboxylic acids is 2. The van der Waals surface area contributed by atoms with Gasteiger partial charge in [0.25, 0.3) is 0 Å². The molecular weight excluding hydrogens is 637 g/mol. The van der Waals surface area contributed by atoms with E-state index in [1.165, 1.54) is 0 Å². The van der Waals surface area contributed by atoms with Crippen LogP contribution in [0.2, 0.25) is 0 Å². The molecule has 2 fully saturated rings. The second-order valence-corrected chi connectivity index (χ2v) is 16.7. The highest BCUT2D eigenvalue weighted by Gasteiger charge is 2.40. The van der Waals surface area contributed by atoms with Crippen molar-refractivity contribution in [1.82, 2.24) is 29.7 Å². The normalized spacial score (nSPS) is 21.6. The van der Waals surface area contributed by atoms with Crippen LogP contribution in [0.15, 0.2) is 48.5 Å². The van der Waals surface area contributed by atoms with Crippen molar-refractivity contribution in [3.05, 3.63) is 60.2 Å². The third-order valence-electron chi connectivity index (χ3n) is 9.24. The number of amides is 2. The van der Waals surface area contributed by atoms with Gasteiger partial charge in [-0.25, -0.2) is 19.6 Å². The van der Waals surface area contributed by atoms with Gasteiger partial charge in [0.05, 0.1) is 28.6 Å². The number of ether oxygens (including phenoxy) is 2. The lowest BCUT2D eigenvalue weighted by Gasteiger charge is -2.30. The summed E-state index contributed by atoms with van der Waals surface area (Å²) in [6, 6.07) is 16.8. The van der Waals surface area contributed by atoms with Crippen molar-refractivity contribution >= 4 is 44.9 Å². The zero-order chi connectivity index (χ0) is 34.8. The van der Waals surface area contributed by atoms with E-state index in [0.29, 0.717) is 12.5 Å². The molecule has 2 saturated heterocycles. The third-order valence-corrected chi connectivity index (χ3v) is 10.3. The van der Waals surface area contributed by atoms with Gasteiger partial charge in [0, 0.05) is 17.5 Å². The molecule has 4 atom stereocenters. The number of likely N-dealkylation sites (tertiary alicyclic amines) is 2. The number of hydrogen-bond acceptors (Lipinski definition) is 7. The smallest absolute Gasteiger partial charge is 0.411 e. The van der Waals surface area contributed by atoms with Gasteiger partial charge in [0.15, 0.2) is 0 Å². The molecule has 49 heavy (non-hydrogen) atoms. The molecule has 10 nitrogen and oxygen atoms in total. The summed E-state index contributed by atoms with van der Waals surface area (Å²) in [7, 11) is 0. The van der Waals surface area contributed by atoms with Gasteiger partial charge in [-0.1, -0.05) is 37.3 Å². The highest BCUT2D eigenvalue weighted by molar-refractivity contribution is 7.21. The molecule has 3 aromatic heterocycles. The average molecular weight is 683 g/mol. The molecule has 0 saturated carbocycles. The van der Waals surface area contributed by atoms with Crippen molar-refractivity contribution in [2.24, 2.45) is 5.92 Å². The molecule has 2 aliphatic heterocycles. The number of carbonyl (C=O) groups is 2. The number of rotatable bonds is 4. The SMILES string of the molecule is CC1CCC(c2nc3ccc(-c4ccc(-c5cc6[nH]c([C@@H]7C[C@H](C)CN7C(=O)OC(C)(C)C)nc6s5)cc4)cc3[nH]2)N1C(=O)OC(C)(C)C. The van der Waals surface area contributed by atoms with Crippen molar-refractivity contribution in [1.29, 1.82) is 0 Å². The van der Waals surface area contributed by atoms with E-state index in [1.54, 1.807) is 11.3 Å². The second-order valence-electron chi connectivity index (χ2n) is 15.7. The third kappa shape index (κ3) is 6.77. The van der Waals surface area contributed by atoms with E-state index < -0.39 is 11.2 Å². The maximum absolute atomic E-state index is 13.1. The van der Waals surface area contributed by atoms with Gasteiger partial charge in [0.1, 0.15) is 27.7 Å². The number of nitrogens with one attached hydrogen (secondary N) is 2. The van der Waals surface area contributed by atoms with E-state index in [4.69, 9.17) is 19.4 Å². The first kappa shape index (κ1) is 33.1. The largest absolute Gasteiger partial charge is 0.444 e. The molecule has 0 bridgehead atoms. The molecule has 11 heteroatoms. The Morgan fingerprint density at radius 3 is 2.10 bits per heavy atom. The van der Waals surface area contributed by atoms with Gasteiger partial charge >= 0.3 is 12.2 Å². The van der Waals surface area contributed by atoms with E-state index >= 15 is 0 Å². The van der Waals surface area contributed by atoms with E-state index in [1.807, 2.05) is 57.4 Å². The Morgan fingerprint density at radius 2 is 1.41 bits per heavy atom. The molecule has 2 aromatic carbocycles. The van der Waals surface area contributed by atoms with Crippen LogP contribution >= 0.6 is 11.3 Å². The molecular formula is C38H46N6O4S. The number of imidazole rings is 2. The number of thiophene rings is 1. The lowest BCUT2D eigenvalue weighted by molar-refractivity contribution is 0.0150. The minimum absolute atomic E-state index is 0.0851. The maximum Gasteiger partial charge on any atom is 0.411 e. The Bertz CT molecular complexity index is 1980. The monoisotopic (exact) mass is 682 g/mol. The molecule has 2 N–H and O–H groups in total. The fraction of sp³-hybridized carbons (Fsp3) is 0.474. The van der Waals surface area contributed by atoms with Gasteiger partial charge in [0.2, 0.25) is 0 Å². The number of fused-ring (bicyclic) bond motifs is 2. The van der Waals surface area contributed by atoms with Gasteiger partial charge in [-0.05, 0) is 109 Å². The van der Waals surface area contributed by atoms with Crippen LogP contribution in [0.3, 0.4) is 0 Å². The molecule has 7 rings (SSSR count). The minimum atomic E-state index is -0.554. The molecule has 258 valence electrons. The number of nitrogens with zero attached hydrogens (tertiary/aromatic N) is 4. The number of H-pyrrole nitrogens is 2. The highest BCUT2D eigenvalue weighted by atomic mass is 32.1. The molecule has 2 amide bonds. The van der Waals surface area contributed by atoms with Crippen molar-refractivity contribution in [2.75, 3.05) is 6.54 Å². The van der Waals surface area contributed by atoms with Crippen LogP contribution in [0.1, 0.15) is 98.4 Å². The molecule has 5 aromatic rings. The molecule has 0 aliphatic carbocycles. The van der Waals surface area contributed by atoms with Crippen LogP contribution < -0.4 is 0 Å². The molecule has 0 radical (unpaired) electrons. The van der Waals surface area contributed by atoms with Crippen LogP contribution in [0, 0.1) is 5.92 Å². The standard InChI is InChI=1S/C38H46N6O4S/c1-21-17-30(43(20-21)35(45)47-37(3,4)5)33-41-28-19-31(49-34(28)42-33)24-12-10-23(11-13-24)25-14-15-26-27(18-25)40-32(39-26)29-16-9-22(2)44(29)36(46)48-38(6,7)8/h10-15,18-19,21-22,29-30H,9,16-17,20H2,1-8H3,(H,39,40)(H,41,42)/t21-,22?,29?,30-/m0/s1. The summed E-state index contributed by atoms with van der Waals surface area (Å²) in [6.45, 7) is 16.2. The Hall–Kier alpha value is -4.38. The van der Waals surface area contributed by atoms with Crippen LogP contribution in [0.25, 0.3) is 42.9 Å². The summed E-state index contributed by atoms with van der Waals surface area (Å²) < 4.78 is 11.4. The van der Waals surface area contributed by atoms with Crippen molar-refractivity contribution in [2.45, 2.75) is 104 Å². The van der Waals surface area contributed by atoms with Crippen molar-refractivity contribution in [3.63, 3.8) is 0 Å². The summed E-state index contributed by atoms with van der Waals surface area (Å²) in [5.41, 5.74) is 5.01. The van der Waals surface area contributed by atoms with Crippen LogP contribution in [-0.4, -0.2) is 65.7 Å². The van der Waals surface area contributed by atoms with Crippen molar-refractivity contribution in [3.8, 4) is 21.6 Å². The lowest BCUT2D eigenvalue weighted by Crippen LogP contribution is -2.40. The van der Waals surface area contributed by atoms with Gasteiger partial charge in [-0.15, -0.1) is 11.3 Å². The van der Waals surface area contributed by atoms with E-state index in [0.717, 1.165) is 73.9 Å². The van der Waals surface area contributed by atoms with Gasteiger partial charge in [-0.3, -0.25) is 9.80 Å². The fourth-order valence-corrected chi connectivity index (χ4v) is 8.03. The summed E-state index contributed by atoms with van der Waals surface area (Å²) in [5.74, 6) is 1.98. The Kier molecular flexibility index (Phi) is 8.24. The topological polar surface area (TPSA) is 116 Å². The number of benzene rings is 2. The first-order chi connectivity index (χ1) is 23.1. The number of aromatic amines is 2. The molecule has 0 spiro atoms. The zero-order valence-electron chi connectivity index (χ0n) is 29.6. The van der Waals surface area contributed by atoms with Gasteiger partial charge < -0.3 is 19.4 Å². The Morgan fingerprint density at radius 1 is 0.776 bits per heavy atom. The predicted molar refractivity (Wildman–Crippen MR) is 193 cm³/mol. The Labute approximate surface area is 291 Å². The first-order valence-electron chi connectivity index (χ1n) is 17.2. The highest BCUT2D eigenvalue weighted by Crippen LogP contribution is 2.40. The Balaban J connectivity index is 1.07. The van der Waals surface area contributed by atoms with Crippen molar-refractivity contribution < 1.29 is 19.1 Å². The van der Waals surface area contributed by atoms with E-state index in [-0.39, 0.29) is 30.3 Å². The average Bonchev–Trinajstić information content (AvgIpc) is 3.82. The maximum atomic E-state index is 13.1.